The maximum Gasteiger partial charge on any atom is 0.00415 e. The van der Waals surface area contributed by atoms with E-state index in [0.29, 0.717) is 0 Å². The summed E-state index contributed by atoms with van der Waals surface area (Å²) in [6.07, 6.45) is 6.20. The van der Waals surface area contributed by atoms with Crippen LogP contribution in [0.3, 0.4) is 0 Å². The third kappa shape index (κ3) is 4.63. The topological polar surface area (TPSA) is 0 Å². The van der Waals surface area contributed by atoms with E-state index in [1.165, 1.54) is 16.7 Å². The lowest BCUT2D eigenvalue weighted by atomic mass is 9.97. The lowest BCUT2D eigenvalue weighted by molar-refractivity contribution is 0.783. The molecule has 0 amide bonds. The monoisotopic (exact) mass is 258 g/mol. The third-order valence-corrected chi connectivity index (χ3v) is 3.12. The van der Waals surface area contributed by atoms with Gasteiger partial charge in [-0.05, 0) is 30.5 Å². The molecule has 0 saturated heterocycles. The van der Waals surface area contributed by atoms with Crippen LogP contribution in [0.2, 0.25) is 0 Å². The summed E-state index contributed by atoms with van der Waals surface area (Å²) in [5, 5.41) is 0.115. The van der Waals surface area contributed by atoms with Gasteiger partial charge in [-0.2, -0.15) is 0 Å². The van der Waals surface area contributed by atoms with Crippen LogP contribution in [-0.4, -0.2) is 0 Å². The third-order valence-electron chi connectivity index (χ3n) is 2.79. The van der Waals surface area contributed by atoms with E-state index in [4.69, 9.17) is 0 Å². The molecule has 1 unspecified atom stereocenters. The molecule has 0 radical (unpaired) electrons. The first-order valence-electron chi connectivity index (χ1n) is 6.21. The molecule has 0 heterocycles. The molecule has 0 saturated carbocycles. The predicted octanol–water partition coefficient (Wildman–Crippen LogP) is 5.33. The van der Waals surface area contributed by atoms with Crippen molar-refractivity contribution in [2.45, 2.75) is 32.9 Å². The molecule has 1 aromatic carbocycles. The Morgan fingerprint density at radius 3 is 2.50 bits per heavy atom. The average Bonchev–Trinajstić information content (AvgIpc) is 2.27. The molecule has 96 valence electrons. The summed E-state index contributed by atoms with van der Waals surface area (Å²) >= 11 is 0. The van der Waals surface area contributed by atoms with Gasteiger partial charge < -0.3 is 0 Å². The molecule has 1 heteroatoms. The molecule has 18 heavy (non-hydrogen) atoms. The van der Waals surface area contributed by atoms with Crippen LogP contribution in [0.4, 0.5) is 0 Å². The second-order valence-electron chi connectivity index (χ2n) is 5.36. The molecule has 0 aromatic heterocycles. The van der Waals surface area contributed by atoms with Crippen LogP contribution in [-0.2, 0) is 5.16 Å². The van der Waals surface area contributed by atoms with E-state index >= 15 is 0 Å². The number of allylic oxidation sites excluding steroid dienone is 5. The highest BCUT2D eigenvalue weighted by atomic mass is 31.0. The Balaban J connectivity index is 3.00. The van der Waals surface area contributed by atoms with Crippen molar-refractivity contribution in [1.82, 2.24) is 0 Å². The maximum atomic E-state index is 3.85. The fraction of sp³-hybridized carbons (Fsp3) is 0.294. The Kier molecular flexibility index (Phi) is 5.11. The highest BCUT2D eigenvalue weighted by Crippen LogP contribution is 2.31. The van der Waals surface area contributed by atoms with Crippen molar-refractivity contribution in [3.63, 3.8) is 0 Å². The molecule has 1 atom stereocenters. The van der Waals surface area contributed by atoms with Gasteiger partial charge in [0, 0.05) is 5.16 Å². The fourth-order valence-corrected chi connectivity index (χ4v) is 1.80. The highest BCUT2D eigenvalue weighted by molar-refractivity contribution is 7.18. The Hall–Kier alpha value is -1.13. The van der Waals surface area contributed by atoms with Crippen LogP contribution < -0.4 is 0 Å². The van der Waals surface area contributed by atoms with E-state index < -0.39 is 0 Å². The largest absolute Gasteiger partial charge is 0.127 e. The summed E-state index contributed by atoms with van der Waals surface area (Å²) < 4.78 is 0. The molecule has 0 aliphatic rings. The highest BCUT2D eigenvalue weighted by Gasteiger charge is 2.13. The second-order valence-corrected chi connectivity index (χ2v) is 6.80. The molecule has 0 spiro atoms. The predicted molar refractivity (Wildman–Crippen MR) is 86.8 cm³/mol. The van der Waals surface area contributed by atoms with Gasteiger partial charge in [0.25, 0.3) is 0 Å². The minimum absolute atomic E-state index is 0.115. The van der Waals surface area contributed by atoms with Gasteiger partial charge in [0.15, 0.2) is 0 Å². The molecule has 0 aliphatic carbocycles. The first-order valence-corrected chi connectivity index (χ1v) is 6.78. The van der Waals surface area contributed by atoms with Gasteiger partial charge in [0.2, 0.25) is 0 Å². The Morgan fingerprint density at radius 1 is 1.28 bits per heavy atom. The second kappa shape index (κ2) is 6.16. The van der Waals surface area contributed by atoms with E-state index in [1.807, 2.05) is 13.0 Å². The van der Waals surface area contributed by atoms with Crippen molar-refractivity contribution in [2.24, 2.45) is 0 Å². The zero-order chi connectivity index (χ0) is 13.8. The van der Waals surface area contributed by atoms with Crippen molar-refractivity contribution < 1.29 is 0 Å². The summed E-state index contributed by atoms with van der Waals surface area (Å²) in [6.45, 7) is 12.4. The van der Waals surface area contributed by atoms with Gasteiger partial charge in [-0.25, -0.2) is 0 Å². The zero-order valence-electron chi connectivity index (χ0n) is 11.8. The van der Waals surface area contributed by atoms with Gasteiger partial charge >= 0.3 is 0 Å². The van der Waals surface area contributed by atoms with Gasteiger partial charge in [-0.15, -0.1) is 9.24 Å². The van der Waals surface area contributed by atoms with E-state index in [1.54, 1.807) is 0 Å². The maximum absolute atomic E-state index is 3.85. The summed E-state index contributed by atoms with van der Waals surface area (Å²) in [4.78, 5) is 0. The van der Waals surface area contributed by atoms with Crippen molar-refractivity contribution in [3.05, 3.63) is 65.8 Å². The quantitative estimate of drug-likeness (QED) is 0.505. The van der Waals surface area contributed by atoms with Crippen molar-refractivity contribution in [3.8, 4) is 0 Å². The van der Waals surface area contributed by atoms with E-state index in [0.717, 1.165) is 5.57 Å². The van der Waals surface area contributed by atoms with Crippen molar-refractivity contribution >= 4 is 14.8 Å². The number of benzene rings is 1. The summed E-state index contributed by atoms with van der Waals surface area (Å²) in [7, 11) is 2.89. The van der Waals surface area contributed by atoms with Crippen LogP contribution in [0.15, 0.2) is 54.6 Å². The lowest BCUT2D eigenvalue weighted by Gasteiger charge is -2.19. The first-order chi connectivity index (χ1) is 8.30. The number of hydrogen-bond donors (Lipinski definition) is 0. The van der Waals surface area contributed by atoms with Gasteiger partial charge in [0.1, 0.15) is 0 Å². The number of rotatable bonds is 4. The van der Waals surface area contributed by atoms with Gasteiger partial charge in [-0.3, -0.25) is 0 Å². The molecule has 0 aliphatic heterocycles. The molecule has 1 aromatic rings. The lowest BCUT2D eigenvalue weighted by Crippen LogP contribution is -2.06. The Morgan fingerprint density at radius 2 is 1.94 bits per heavy atom. The van der Waals surface area contributed by atoms with Crippen LogP contribution in [0, 0.1) is 0 Å². The minimum atomic E-state index is 0.115. The average molecular weight is 258 g/mol. The van der Waals surface area contributed by atoms with Gasteiger partial charge in [-0.1, -0.05) is 68.5 Å². The Bertz CT molecular complexity index is 485. The molecule has 0 fully saturated rings. The summed E-state index contributed by atoms with van der Waals surface area (Å²) in [6, 6.07) is 8.71. The van der Waals surface area contributed by atoms with E-state index in [-0.39, 0.29) is 5.16 Å². The molecule has 0 nitrogen and oxygen atoms in total. The number of hydrogen-bond acceptors (Lipinski definition) is 0. The first kappa shape index (κ1) is 14.9. The molecular formula is C17H23P. The van der Waals surface area contributed by atoms with Crippen molar-refractivity contribution in [1.29, 1.82) is 0 Å². The summed E-state index contributed by atoms with van der Waals surface area (Å²) in [5.41, 5.74) is 4.94. The molecular weight excluding hydrogens is 235 g/mol. The van der Waals surface area contributed by atoms with E-state index in [9.17, 15) is 0 Å². The Labute approximate surface area is 114 Å². The minimum Gasteiger partial charge on any atom is -0.127 e. The van der Waals surface area contributed by atoms with Crippen LogP contribution in [0.5, 0.6) is 0 Å². The normalized spacial score (nSPS) is 13.1. The standard InChI is InChI=1S/C17H23P/c1-13(2)8-6-9-14(3)15-10-7-11-16(12-15)17(4,5)18/h6-12H,1,18H2,2-5H3/b8-6-,14-9+. The molecule has 0 bridgehead atoms. The zero-order valence-corrected chi connectivity index (χ0v) is 13.0. The van der Waals surface area contributed by atoms with Crippen LogP contribution in [0.1, 0.15) is 38.8 Å². The fourth-order valence-electron chi connectivity index (χ4n) is 1.62. The van der Waals surface area contributed by atoms with Crippen molar-refractivity contribution in [2.75, 3.05) is 0 Å². The molecule has 1 rings (SSSR count). The summed E-state index contributed by atoms with van der Waals surface area (Å²) in [5.74, 6) is 0. The SMILES string of the molecule is C=C(C)/C=C\C=C(/C)c1cccc(C(C)(C)P)c1. The molecule has 0 N–H and O–H groups in total. The van der Waals surface area contributed by atoms with Crippen LogP contribution >= 0.6 is 9.24 Å². The smallest absolute Gasteiger partial charge is 0.00415 e. The van der Waals surface area contributed by atoms with E-state index in [2.05, 4.69) is 73.0 Å². The van der Waals surface area contributed by atoms with Gasteiger partial charge in [0.05, 0.1) is 0 Å². The van der Waals surface area contributed by atoms with Crippen LogP contribution in [0.25, 0.3) is 5.57 Å².